The smallest absolute Gasteiger partial charge is 0.376 e. The monoisotopic (exact) mass is 399 g/mol. The van der Waals surface area contributed by atoms with E-state index < -0.39 is 26.6 Å². The van der Waals surface area contributed by atoms with Crippen LogP contribution >= 0.6 is 12.2 Å². The number of amidine groups is 1. The standard InChI is InChI=1S/C13H17N7O4S2/c1-13(17-10(5-6-14)11(18-13)20(21)22)19(12(15)25)8-3-2-4-9(7-8)26(16,23)24/h2-4,7H,5-6,14H2,1H3,(H2,15,25)(H2,16,23,24). The third-order valence-electron chi connectivity index (χ3n) is 3.53. The van der Waals surface area contributed by atoms with E-state index in [1.165, 1.54) is 36.1 Å². The third kappa shape index (κ3) is 3.85. The zero-order valence-corrected chi connectivity index (χ0v) is 15.3. The zero-order chi connectivity index (χ0) is 19.7. The molecular weight excluding hydrogens is 382 g/mol. The molecule has 11 nitrogen and oxygen atoms in total. The number of rotatable bonds is 5. The van der Waals surface area contributed by atoms with Crippen molar-refractivity contribution < 1.29 is 13.3 Å². The van der Waals surface area contributed by atoms with E-state index in [0.717, 1.165) is 0 Å². The van der Waals surface area contributed by atoms with Gasteiger partial charge in [0, 0.05) is 13.3 Å². The van der Waals surface area contributed by atoms with Crippen molar-refractivity contribution in [3.8, 4) is 0 Å². The molecule has 0 aliphatic carbocycles. The highest BCUT2D eigenvalue weighted by Crippen LogP contribution is 2.31. The highest BCUT2D eigenvalue weighted by molar-refractivity contribution is 7.89. The average molecular weight is 399 g/mol. The maximum absolute atomic E-state index is 11.6. The molecule has 6 N–H and O–H groups in total. The Labute approximate surface area is 154 Å². The molecule has 1 aromatic rings. The first-order valence-corrected chi connectivity index (χ1v) is 9.21. The fraction of sp³-hybridized carbons (Fsp3) is 0.308. The van der Waals surface area contributed by atoms with Crippen molar-refractivity contribution in [1.29, 1.82) is 0 Å². The van der Waals surface area contributed by atoms with Crippen LogP contribution in [0.25, 0.3) is 0 Å². The van der Waals surface area contributed by atoms with Crippen LogP contribution in [0.4, 0.5) is 5.69 Å². The predicted molar refractivity (Wildman–Crippen MR) is 101 cm³/mol. The highest BCUT2D eigenvalue weighted by atomic mass is 32.2. The lowest BCUT2D eigenvalue weighted by molar-refractivity contribution is -0.346. The molecule has 1 atom stereocenters. The Hall–Kier alpha value is -2.48. The molecule has 1 aliphatic rings. The Balaban J connectivity index is 2.62. The Morgan fingerprint density at radius 1 is 1.42 bits per heavy atom. The van der Waals surface area contributed by atoms with Crippen molar-refractivity contribution in [3.05, 3.63) is 34.4 Å². The quantitative estimate of drug-likeness (QED) is 0.337. The Bertz CT molecular complexity index is 928. The van der Waals surface area contributed by atoms with E-state index in [1.807, 2.05) is 0 Å². The second-order valence-electron chi connectivity index (χ2n) is 5.48. The maximum Gasteiger partial charge on any atom is 0.384 e. The topological polar surface area (TPSA) is 183 Å². The van der Waals surface area contributed by atoms with Gasteiger partial charge in [0.25, 0.3) is 0 Å². The van der Waals surface area contributed by atoms with Crippen molar-refractivity contribution in [1.82, 2.24) is 0 Å². The SMILES string of the molecule is CC1(N(C(N)=S)c2cccc(S(N)(=O)=O)c2)N=C(CCN)C([N+](=O)[O-])=N1. The lowest BCUT2D eigenvalue weighted by Gasteiger charge is -2.30. The Morgan fingerprint density at radius 3 is 2.58 bits per heavy atom. The van der Waals surface area contributed by atoms with Gasteiger partial charge in [-0.25, -0.2) is 18.5 Å². The van der Waals surface area contributed by atoms with Crippen LogP contribution in [0, 0.1) is 10.1 Å². The molecule has 1 aromatic carbocycles. The first kappa shape index (κ1) is 19.8. The fourth-order valence-electron chi connectivity index (χ4n) is 2.53. The first-order valence-electron chi connectivity index (χ1n) is 7.25. The van der Waals surface area contributed by atoms with Gasteiger partial charge in [-0.1, -0.05) is 6.07 Å². The molecule has 13 heteroatoms. The van der Waals surface area contributed by atoms with E-state index in [0.29, 0.717) is 0 Å². The summed E-state index contributed by atoms with van der Waals surface area (Å²) in [4.78, 5) is 19.9. The van der Waals surface area contributed by atoms with Gasteiger partial charge in [0.1, 0.15) is 5.71 Å². The fourth-order valence-corrected chi connectivity index (χ4v) is 3.36. The van der Waals surface area contributed by atoms with Gasteiger partial charge in [0.15, 0.2) is 5.11 Å². The molecule has 140 valence electrons. The molecule has 0 saturated carbocycles. The lowest BCUT2D eigenvalue weighted by Crippen LogP contribution is -2.49. The van der Waals surface area contributed by atoms with E-state index in [1.54, 1.807) is 0 Å². The second kappa shape index (κ2) is 7.03. The van der Waals surface area contributed by atoms with E-state index in [2.05, 4.69) is 9.98 Å². The van der Waals surface area contributed by atoms with Crippen molar-refractivity contribution >= 4 is 44.6 Å². The van der Waals surface area contributed by atoms with Gasteiger partial charge in [-0.2, -0.15) is 0 Å². The summed E-state index contributed by atoms with van der Waals surface area (Å²) in [6.07, 6.45) is 0.137. The summed E-state index contributed by atoms with van der Waals surface area (Å²) in [7, 11) is -3.98. The van der Waals surface area contributed by atoms with Crippen LogP contribution in [0.2, 0.25) is 0 Å². The summed E-state index contributed by atoms with van der Waals surface area (Å²) in [5.74, 6) is -2.00. The molecule has 26 heavy (non-hydrogen) atoms. The number of hydrogen-bond acceptors (Lipinski definition) is 8. The maximum atomic E-state index is 11.6. The zero-order valence-electron chi connectivity index (χ0n) is 13.7. The van der Waals surface area contributed by atoms with Crippen LogP contribution in [0.5, 0.6) is 0 Å². The molecule has 0 aromatic heterocycles. The molecule has 0 saturated heterocycles. The van der Waals surface area contributed by atoms with Gasteiger partial charge >= 0.3 is 11.6 Å². The summed E-state index contributed by atoms with van der Waals surface area (Å²) in [6.45, 7) is 1.60. The normalized spacial score (nSPS) is 19.7. The van der Waals surface area contributed by atoms with Gasteiger partial charge < -0.3 is 21.6 Å². The van der Waals surface area contributed by atoms with E-state index >= 15 is 0 Å². The number of aliphatic imine (C=N–C) groups is 2. The van der Waals surface area contributed by atoms with Crippen LogP contribution < -0.4 is 21.5 Å². The van der Waals surface area contributed by atoms with Crippen molar-refractivity contribution in [2.45, 2.75) is 24.0 Å². The Kier molecular flexibility index (Phi) is 5.36. The summed E-state index contributed by atoms with van der Waals surface area (Å²) < 4.78 is 23.2. The third-order valence-corrected chi connectivity index (χ3v) is 4.62. The largest absolute Gasteiger partial charge is 0.384 e. The van der Waals surface area contributed by atoms with Crippen LogP contribution in [-0.4, -0.2) is 42.3 Å². The first-order chi connectivity index (χ1) is 12.0. The molecule has 1 heterocycles. The summed E-state index contributed by atoms with van der Waals surface area (Å²) >= 11 is 5.04. The number of nitrogens with zero attached hydrogens (tertiary/aromatic N) is 4. The van der Waals surface area contributed by atoms with E-state index in [-0.39, 0.29) is 34.4 Å². The van der Waals surface area contributed by atoms with Crippen LogP contribution in [-0.2, 0) is 10.0 Å². The minimum absolute atomic E-state index is 0.101. The van der Waals surface area contributed by atoms with E-state index in [9.17, 15) is 18.5 Å². The van der Waals surface area contributed by atoms with Gasteiger partial charge in [0.05, 0.1) is 10.6 Å². The molecule has 1 unspecified atom stereocenters. The number of benzene rings is 1. The summed E-state index contributed by atoms with van der Waals surface area (Å²) in [6, 6.07) is 5.47. The summed E-state index contributed by atoms with van der Waals surface area (Å²) in [5, 5.41) is 16.2. The van der Waals surface area contributed by atoms with Gasteiger partial charge in [-0.3, -0.25) is 4.90 Å². The number of nitrogens with two attached hydrogens (primary N) is 3. The highest BCUT2D eigenvalue weighted by Gasteiger charge is 2.47. The average Bonchev–Trinajstić information content (AvgIpc) is 2.84. The van der Waals surface area contributed by atoms with Crippen molar-refractivity contribution in [3.63, 3.8) is 0 Å². The number of hydrogen-bond donors (Lipinski definition) is 3. The molecule has 0 spiro atoms. The number of sulfonamides is 1. The van der Waals surface area contributed by atoms with Crippen molar-refractivity contribution in [2.24, 2.45) is 26.6 Å². The Morgan fingerprint density at radius 2 is 2.08 bits per heavy atom. The van der Waals surface area contributed by atoms with Crippen LogP contribution in [0.15, 0.2) is 39.1 Å². The minimum atomic E-state index is -3.98. The predicted octanol–water partition coefficient (Wildman–Crippen LogP) is -0.464. The molecule has 0 amide bonds. The molecule has 1 aliphatic heterocycles. The van der Waals surface area contributed by atoms with Crippen LogP contribution in [0.3, 0.4) is 0 Å². The number of thiocarbonyl (C=S) groups is 1. The van der Waals surface area contributed by atoms with Gasteiger partial charge in [-0.05, 0) is 46.9 Å². The lowest BCUT2D eigenvalue weighted by atomic mass is 10.2. The van der Waals surface area contributed by atoms with Gasteiger partial charge in [0.2, 0.25) is 10.0 Å². The number of nitro groups is 1. The molecule has 2 rings (SSSR count). The molecular formula is C13H17N7O4S2. The van der Waals surface area contributed by atoms with E-state index in [4.69, 9.17) is 28.8 Å². The number of anilines is 1. The number of primary sulfonamides is 1. The van der Waals surface area contributed by atoms with Crippen molar-refractivity contribution in [2.75, 3.05) is 11.4 Å². The van der Waals surface area contributed by atoms with Crippen LogP contribution in [0.1, 0.15) is 13.3 Å². The van der Waals surface area contributed by atoms with Gasteiger partial charge in [-0.15, -0.1) is 0 Å². The molecule has 0 bridgehead atoms. The molecule has 0 radical (unpaired) electrons. The second-order valence-corrected chi connectivity index (χ2v) is 7.46. The minimum Gasteiger partial charge on any atom is -0.376 e. The summed E-state index contributed by atoms with van der Waals surface area (Å²) in [5.41, 5.74) is 11.6. The molecule has 0 fully saturated rings.